The Morgan fingerprint density at radius 1 is 1.06 bits per heavy atom. The molecule has 7 nitrogen and oxygen atoms in total. The maximum Gasteiger partial charge on any atom is 0.322 e. The summed E-state index contributed by atoms with van der Waals surface area (Å²) in [6.45, 7) is 4.50. The zero-order valence-corrected chi connectivity index (χ0v) is 20.1. The first-order valence-electron chi connectivity index (χ1n) is 11.3. The second-order valence-corrected chi connectivity index (χ2v) is 9.34. The topological polar surface area (TPSA) is 83.4 Å². The molecule has 1 saturated heterocycles. The molecule has 3 aromatic rings. The van der Waals surface area contributed by atoms with E-state index in [1.165, 1.54) is 33.9 Å². The van der Waals surface area contributed by atoms with Crippen LogP contribution in [0.3, 0.4) is 0 Å². The molecule has 2 N–H and O–H groups in total. The van der Waals surface area contributed by atoms with Gasteiger partial charge in [0.25, 0.3) is 5.56 Å². The van der Waals surface area contributed by atoms with Crippen molar-refractivity contribution in [1.29, 1.82) is 0 Å². The maximum absolute atomic E-state index is 14.9. The molecule has 9 heteroatoms. The van der Waals surface area contributed by atoms with Gasteiger partial charge in [-0.3, -0.25) is 14.2 Å². The van der Waals surface area contributed by atoms with Crippen LogP contribution in [0.2, 0.25) is 5.02 Å². The van der Waals surface area contributed by atoms with Gasteiger partial charge in [-0.2, -0.15) is 0 Å². The molecule has 2 heterocycles. The monoisotopic (exact) mass is 496 g/mol. The van der Waals surface area contributed by atoms with Crippen molar-refractivity contribution >= 4 is 34.9 Å². The lowest BCUT2D eigenvalue weighted by Gasteiger charge is -2.24. The number of benzene rings is 2. The molecule has 35 heavy (non-hydrogen) atoms. The average molecular weight is 497 g/mol. The van der Waals surface area contributed by atoms with Crippen LogP contribution in [0.4, 0.5) is 20.6 Å². The molecule has 0 radical (unpaired) electrons. The summed E-state index contributed by atoms with van der Waals surface area (Å²) >= 11 is 5.91. The highest BCUT2D eigenvalue weighted by Crippen LogP contribution is 2.31. The van der Waals surface area contributed by atoms with Gasteiger partial charge in [-0.25, -0.2) is 9.18 Å². The van der Waals surface area contributed by atoms with Crippen LogP contribution in [0.5, 0.6) is 0 Å². The Bertz CT molecular complexity index is 1290. The molecule has 2 aromatic carbocycles. The van der Waals surface area contributed by atoms with Crippen molar-refractivity contribution in [1.82, 2.24) is 9.47 Å². The second kappa shape index (κ2) is 10.3. The number of hydrogen-bond donors (Lipinski definition) is 2. The number of pyridine rings is 1. The number of aromatic nitrogens is 1. The average Bonchev–Trinajstić information content (AvgIpc) is 3.29. The van der Waals surface area contributed by atoms with Crippen molar-refractivity contribution in [3.63, 3.8) is 0 Å². The van der Waals surface area contributed by atoms with Crippen molar-refractivity contribution < 1.29 is 14.0 Å². The first-order chi connectivity index (χ1) is 16.7. The Morgan fingerprint density at radius 2 is 1.80 bits per heavy atom. The third-order valence-electron chi connectivity index (χ3n) is 6.25. The number of hydrogen-bond acceptors (Lipinski definition) is 3. The molecule has 0 spiro atoms. The van der Waals surface area contributed by atoms with Crippen LogP contribution >= 0.6 is 11.6 Å². The normalized spacial score (nSPS) is 17.5. The van der Waals surface area contributed by atoms with E-state index in [0.717, 1.165) is 0 Å². The van der Waals surface area contributed by atoms with Gasteiger partial charge in [0.2, 0.25) is 5.91 Å². The van der Waals surface area contributed by atoms with Crippen molar-refractivity contribution in [2.24, 2.45) is 11.8 Å². The summed E-state index contributed by atoms with van der Waals surface area (Å²) in [6.07, 6.45) is 2.01. The summed E-state index contributed by atoms with van der Waals surface area (Å²) in [7, 11) is 0. The van der Waals surface area contributed by atoms with E-state index in [2.05, 4.69) is 10.6 Å². The molecule has 1 aromatic heterocycles. The minimum absolute atomic E-state index is 0.0196. The smallest absolute Gasteiger partial charge is 0.322 e. The van der Waals surface area contributed by atoms with Crippen LogP contribution in [0.25, 0.3) is 5.69 Å². The first-order valence-corrected chi connectivity index (χ1v) is 11.7. The van der Waals surface area contributed by atoms with E-state index in [0.29, 0.717) is 29.4 Å². The van der Waals surface area contributed by atoms with E-state index >= 15 is 0 Å². The summed E-state index contributed by atoms with van der Waals surface area (Å²) in [5.41, 5.74) is 0.589. The van der Waals surface area contributed by atoms with Crippen LogP contribution in [-0.4, -0.2) is 34.0 Å². The Labute approximate surface area is 207 Å². The molecule has 1 aliphatic heterocycles. The largest absolute Gasteiger partial charge is 0.322 e. The van der Waals surface area contributed by atoms with Crippen molar-refractivity contribution in [2.45, 2.75) is 26.3 Å². The van der Waals surface area contributed by atoms with E-state index in [-0.39, 0.29) is 23.1 Å². The van der Waals surface area contributed by atoms with E-state index in [9.17, 15) is 18.8 Å². The molecule has 0 aliphatic carbocycles. The number of nitrogens with zero attached hydrogens (tertiary/aromatic N) is 2. The van der Waals surface area contributed by atoms with Crippen molar-refractivity contribution in [3.8, 4) is 5.69 Å². The summed E-state index contributed by atoms with van der Waals surface area (Å²) in [5, 5.41) is 5.97. The number of rotatable bonds is 5. The fourth-order valence-corrected chi connectivity index (χ4v) is 4.29. The van der Waals surface area contributed by atoms with Crippen LogP contribution in [0, 0.1) is 17.7 Å². The molecule has 0 bridgehead atoms. The molecule has 0 saturated carbocycles. The van der Waals surface area contributed by atoms with Gasteiger partial charge < -0.3 is 15.5 Å². The summed E-state index contributed by atoms with van der Waals surface area (Å²) < 4.78 is 16.2. The molecule has 3 amide bonds. The maximum atomic E-state index is 14.9. The van der Waals surface area contributed by atoms with E-state index in [1.807, 2.05) is 13.8 Å². The molecule has 1 fully saturated rings. The number of likely N-dealkylation sites (tertiary alicyclic amines) is 1. The number of urea groups is 1. The standard InChI is InChI=1S/C26H26ClFN4O3/c1-16(2)17-13-23(32(15-17)26(35)29-19-8-6-18(27)7-9-19)25(34)30-22-11-10-20(14-21(22)28)31-12-4-3-5-24(31)33/h3-12,14,16-17,23H,13,15H2,1-2H3,(H,29,35)(H,30,34)/t17-,23+/m0/s1. The molecule has 4 rings (SSSR count). The zero-order chi connectivity index (χ0) is 25.1. The minimum atomic E-state index is -0.759. The van der Waals surface area contributed by atoms with Gasteiger partial charge in [0.1, 0.15) is 11.9 Å². The lowest BCUT2D eigenvalue weighted by atomic mass is 9.93. The predicted octanol–water partition coefficient (Wildman–Crippen LogP) is 5.15. The van der Waals surface area contributed by atoms with Crippen LogP contribution in [-0.2, 0) is 4.79 Å². The quantitative estimate of drug-likeness (QED) is 0.512. The van der Waals surface area contributed by atoms with Gasteiger partial charge in [0.15, 0.2) is 0 Å². The Kier molecular flexibility index (Phi) is 7.21. The lowest BCUT2D eigenvalue weighted by molar-refractivity contribution is -0.119. The minimum Gasteiger partial charge on any atom is -0.322 e. The fraction of sp³-hybridized carbons (Fsp3) is 0.269. The predicted molar refractivity (Wildman–Crippen MR) is 135 cm³/mol. The Morgan fingerprint density at radius 3 is 2.46 bits per heavy atom. The van der Waals surface area contributed by atoms with Gasteiger partial charge in [0, 0.05) is 35.6 Å². The number of halogens is 2. The number of amides is 3. The van der Waals surface area contributed by atoms with Crippen LogP contribution in [0.15, 0.2) is 71.7 Å². The zero-order valence-electron chi connectivity index (χ0n) is 19.4. The molecular formula is C26H26ClFN4O3. The van der Waals surface area contributed by atoms with Gasteiger partial charge >= 0.3 is 6.03 Å². The highest BCUT2D eigenvalue weighted by molar-refractivity contribution is 6.30. The van der Waals surface area contributed by atoms with Gasteiger partial charge in [-0.1, -0.05) is 31.5 Å². The summed E-state index contributed by atoms with van der Waals surface area (Å²) in [6, 6.07) is 14.3. The van der Waals surface area contributed by atoms with Crippen molar-refractivity contribution in [2.75, 3.05) is 17.2 Å². The SMILES string of the molecule is CC(C)[C@H]1C[C@H](C(=O)Nc2ccc(-n3ccccc3=O)cc2F)N(C(=O)Nc2ccc(Cl)cc2)C1. The lowest BCUT2D eigenvalue weighted by Crippen LogP contribution is -2.45. The van der Waals surface area contributed by atoms with E-state index < -0.39 is 23.8 Å². The van der Waals surface area contributed by atoms with Gasteiger partial charge in [-0.15, -0.1) is 0 Å². The Balaban J connectivity index is 1.52. The summed E-state index contributed by atoms with van der Waals surface area (Å²) in [4.78, 5) is 39.7. The Hall–Kier alpha value is -3.65. The number of carbonyl (C=O) groups excluding carboxylic acids is 2. The third kappa shape index (κ3) is 5.54. The highest BCUT2D eigenvalue weighted by atomic mass is 35.5. The third-order valence-corrected chi connectivity index (χ3v) is 6.50. The van der Waals surface area contributed by atoms with Crippen molar-refractivity contribution in [3.05, 3.63) is 88.1 Å². The first kappa shape index (κ1) is 24.5. The number of carbonyl (C=O) groups is 2. The molecule has 182 valence electrons. The second-order valence-electron chi connectivity index (χ2n) is 8.91. The van der Waals surface area contributed by atoms with Gasteiger partial charge in [0.05, 0.1) is 11.4 Å². The molecule has 2 atom stereocenters. The van der Waals surface area contributed by atoms with Crippen LogP contribution < -0.4 is 16.2 Å². The number of anilines is 2. The van der Waals surface area contributed by atoms with E-state index in [4.69, 9.17) is 11.6 Å². The molecular weight excluding hydrogens is 471 g/mol. The number of nitrogens with one attached hydrogen (secondary N) is 2. The fourth-order valence-electron chi connectivity index (χ4n) is 4.16. The van der Waals surface area contributed by atoms with E-state index in [1.54, 1.807) is 42.5 Å². The molecule has 0 unspecified atom stereocenters. The summed E-state index contributed by atoms with van der Waals surface area (Å²) in [5.74, 6) is -0.761. The molecule has 1 aliphatic rings. The highest BCUT2D eigenvalue weighted by Gasteiger charge is 2.40. The van der Waals surface area contributed by atoms with Crippen LogP contribution in [0.1, 0.15) is 20.3 Å². The van der Waals surface area contributed by atoms with Gasteiger partial charge in [-0.05, 0) is 60.7 Å².